The Bertz CT molecular complexity index is 2180. The molecule has 0 bridgehead atoms. The van der Waals surface area contributed by atoms with Gasteiger partial charge in [-0.2, -0.15) is 15.5 Å². The molecule has 2 fully saturated rings. The monoisotopic (exact) mass is 671 g/mol. The van der Waals surface area contributed by atoms with Gasteiger partial charge < -0.3 is 14.7 Å². The summed E-state index contributed by atoms with van der Waals surface area (Å²) in [6.07, 6.45) is 4.70. The van der Waals surface area contributed by atoms with Gasteiger partial charge in [-0.25, -0.2) is 9.37 Å². The number of anilines is 1. The number of pyridine rings is 1. The maximum absolute atomic E-state index is 17.1. The van der Waals surface area contributed by atoms with Gasteiger partial charge in [0.2, 0.25) is 0 Å². The number of fused-ring (bicyclic) bond motifs is 4. The number of amides is 1. The zero-order valence-corrected chi connectivity index (χ0v) is 27.9. The summed E-state index contributed by atoms with van der Waals surface area (Å²) in [6, 6.07) is 5.62. The molecule has 10 nitrogen and oxygen atoms in total. The summed E-state index contributed by atoms with van der Waals surface area (Å²) in [4.78, 5) is 23.7. The lowest BCUT2D eigenvalue weighted by atomic mass is 9.93. The van der Waals surface area contributed by atoms with E-state index in [1.165, 1.54) is 0 Å². The summed E-state index contributed by atoms with van der Waals surface area (Å²) >= 11 is 13.6. The third kappa shape index (κ3) is 5.05. The van der Waals surface area contributed by atoms with E-state index in [0.29, 0.717) is 63.7 Å². The van der Waals surface area contributed by atoms with Crippen LogP contribution in [0, 0.1) is 35.9 Å². The Labute approximate surface area is 281 Å². The number of nitrogens with one attached hydrogen (secondary N) is 1. The number of carbonyl (C=O) groups is 1. The van der Waals surface area contributed by atoms with Crippen LogP contribution in [0.2, 0.25) is 10.0 Å². The topological polar surface area (TPSA) is 110 Å². The van der Waals surface area contributed by atoms with Crippen LogP contribution >= 0.6 is 23.2 Å². The fraction of sp³-hybridized carbons (Fsp3) is 0.382. The molecule has 0 saturated carbocycles. The third-order valence-corrected chi connectivity index (χ3v) is 10.3. The number of H-pyrrole nitrogens is 1. The molecule has 5 heterocycles. The molecule has 2 saturated heterocycles. The molecule has 7 rings (SSSR count). The summed E-state index contributed by atoms with van der Waals surface area (Å²) < 4.78 is 19.1. The summed E-state index contributed by atoms with van der Waals surface area (Å²) in [5.74, 6) is 5.10. The van der Waals surface area contributed by atoms with Crippen molar-refractivity contribution in [2.45, 2.75) is 51.2 Å². The molecule has 1 N–H and O–H groups in total. The minimum atomic E-state index is -0.554. The summed E-state index contributed by atoms with van der Waals surface area (Å²) in [5, 5.41) is 24.3. The second kappa shape index (κ2) is 12.0. The van der Waals surface area contributed by atoms with E-state index < -0.39 is 5.82 Å². The van der Waals surface area contributed by atoms with Crippen LogP contribution < -0.4 is 4.90 Å². The lowest BCUT2D eigenvalue weighted by molar-refractivity contribution is -0.129. The van der Waals surface area contributed by atoms with E-state index in [2.05, 4.69) is 37.9 Å². The Hall–Kier alpha value is -4.42. The molecule has 47 heavy (non-hydrogen) atoms. The van der Waals surface area contributed by atoms with E-state index in [9.17, 15) is 10.1 Å². The van der Waals surface area contributed by atoms with Crippen molar-refractivity contribution in [2.75, 3.05) is 38.6 Å². The first-order chi connectivity index (χ1) is 22.6. The number of hydrogen-bond donors (Lipinski definition) is 1. The molecule has 2 aliphatic rings. The van der Waals surface area contributed by atoms with E-state index in [-0.39, 0.29) is 40.5 Å². The van der Waals surface area contributed by atoms with Crippen LogP contribution in [-0.2, 0) is 4.79 Å². The van der Waals surface area contributed by atoms with Crippen molar-refractivity contribution < 1.29 is 9.18 Å². The van der Waals surface area contributed by atoms with Crippen molar-refractivity contribution >= 4 is 67.6 Å². The molecule has 2 aromatic carbocycles. The van der Waals surface area contributed by atoms with Gasteiger partial charge in [-0.05, 0) is 64.4 Å². The smallest absolute Gasteiger partial charge is 0.298 e. The molecule has 3 aromatic heterocycles. The van der Waals surface area contributed by atoms with E-state index in [4.69, 9.17) is 33.3 Å². The fourth-order valence-electron chi connectivity index (χ4n) is 7.04. The average Bonchev–Trinajstić information content (AvgIpc) is 3.66. The third-order valence-electron chi connectivity index (χ3n) is 9.64. The standard InChI is InChI=1S/C34H32Cl2FN9O/c1-5-6-28(47)45-10-8-20(11-19(45)7-9-38)46-33-22-12-26(36)30(29-18(2)25(35)13-27-23(29)14-39-42-27)31(37)32(22)41-34(24(33)15-40-46)44-16-21(17-44)43(3)4/h12-15,19-21H,7-8,10-11,16-17H2,1-4H3,(H,39,42)/t19-,20+/m1/s1. The first kappa shape index (κ1) is 31.2. The van der Waals surface area contributed by atoms with Gasteiger partial charge in [0, 0.05) is 58.6 Å². The van der Waals surface area contributed by atoms with E-state index in [1.54, 1.807) is 36.4 Å². The van der Waals surface area contributed by atoms with Crippen LogP contribution in [0.25, 0.3) is 43.8 Å². The number of nitrogens with zero attached hydrogens (tertiary/aromatic N) is 8. The maximum atomic E-state index is 17.1. The van der Waals surface area contributed by atoms with Crippen molar-refractivity contribution in [1.82, 2.24) is 34.8 Å². The number of rotatable bonds is 5. The van der Waals surface area contributed by atoms with E-state index >= 15 is 4.39 Å². The largest absolute Gasteiger partial charge is 0.353 e. The molecular formula is C34H32Cl2FN9O. The van der Waals surface area contributed by atoms with E-state index in [0.717, 1.165) is 24.0 Å². The fourth-order valence-corrected chi connectivity index (χ4v) is 7.53. The summed E-state index contributed by atoms with van der Waals surface area (Å²) in [5.41, 5.74) is 3.02. The van der Waals surface area contributed by atoms with E-state index in [1.807, 2.05) is 25.7 Å². The highest BCUT2D eigenvalue weighted by Crippen LogP contribution is 2.45. The van der Waals surface area contributed by atoms with Gasteiger partial charge in [0.25, 0.3) is 5.91 Å². The van der Waals surface area contributed by atoms with Crippen LogP contribution in [0.4, 0.5) is 10.2 Å². The molecule has 13 heteroatoms. The van der Waals surface area contributed by atoms with Crippen molar-refractivity contribution in [1.29, 1.82) is 5.26 Å². The molecule has 1 amide bonds. The first-order valence-electron chi connectivity index (χ1n) is 15.5. The van der Waals surface area contributed by atoms with Crippen LogP contribution in [0.5, 0.6) is 0 Å². The predicted octanol–water partition coefficient (Wildman–Crippen LogP) is 6.10. The van der Waals surface area contributed by atoms with Crippen molar-refractivity contribution in [3.8, 4) is 29.0 Å². The molecule has 0 spiro atoms. The van der Waals surface area contributed by atoms with Crippen LogP contribution in [0.1, 0.15) is 37.8 Å². The van der Waals surface area contributed by atoms with Crippen LogP contribution in [0.15, 0.2) is 24.5 Å². The van der Waals surface area contributed by atoms with Gasteiger partial charge in [0.1, 0.15) is 11.3 Å². The Morgan fingerprint density at radius 1 is 1.15 bits per heavy atom. The number of piperidine rings is 1. The maximum Gasteiger partial charge on any atom is 0.298 e. The Morgan fingerprint density at radius 3 is 2.66 bits per heavy atom. The molecule has 5 aromatic rings. The summed E-state index contributed by atoms with van der Waals surface area (Å²) in [7, 11) is 4.09. The Morgan fingerprint density at radius 2 is 1.94 bits per heavy atom. The normalized spacial score (nSPS) is 18.5. The minimum Gasteiger partial charge on any atom is -0.353 e. The number of halogens is 3. The SMILES string of the molecule is CC#CC(=O)N1CC[C@H](n2ncc3c(N4CC(N(C)C)C4)nc4c(F)c(-c5c(C)c(Cl)cc6[nH]ncc56)c(Cl)cc4c32)C[C@H]1CC#N. The molecule has 2 atom stereocenters. The van der Waals surface area contributed by atoms with Crippen molar-refractivity contribution in [3.05, 3.63) is 46.0 Å². The summed E-state index contributed by atoms with van der Waals surface area (Å²) in [6.45, 7) is 5.35. The molecule has 0 aliphatic carbocycles. The molecular weight excluding hydrogens is 640 g/mol. The molecule has 0 radical (unpaired) electrons. The second-order valence-corrected chi connectivity index (χ2v) is 13.3. The first-order valence-corrected chi connectivity index (χ1v) is 16.2. The molecule has 0 unspecified atom stereocenters. The predicted molar refractivity (Wildman–Crippen MR) is 182 cm³/mol. The number of benzene rings is 2. The van der Waals surface area contributed by atoms with Gasteiger partial charge in [-0.15, -0.1) is 0 Å². The number of aromatic nitrogens is 5. The molecule has 240 valence electrons. The van der Waals surface area contributed by atoms with Crippen LogP contribution in [0.3, 0.4) is 0 Å². The van der Waals surface area contributed by atoms with Gasteiger partial charge in [0.05, 0.1) is 52.4 Å². The quantitative estimate of drug-likeness (QED) is 0.225. The second-order valence-electron chi connectivity index (χ2n) is 12.5. The van der Waals surface area contributed by atoms with Crippen LogP contribution in [-0.4, -0.2) is 86.5 Å². The van der Waals surface area contributed by atoms with Gasteiger partial charge in [0.15, 0.2) is 5.82 Å². The van der Waals surface area contributed by atoms with Gasteiger partial charge in [-0.1, -0.05) is 29.1 Å². The highest BCUT2D eigenvalue weighted by molar-refractivity contribution is 6.36. The number of nitriles is 1. The Kier molecular flexibility index (Phi) is 7.96. The lowest BCUT2D eigenvalue weighted by Gasteiger charge is -2.43. The van der Waals surface area contributed by atoms with Gasteiger partial charge >= 0.3 is 0 Å². The Balaban J connectivity index is 1.43. The number of aromatic amines is 1. The highest BCUT2D eigenvalue weighted by Gasteiger charge is 2.36. The zero-order valence-electron chi connectivity index (χ0n) is 26.4. The lowest BCUT2D eigenvalue weighted by Crippen LogP contribution is -2.57. The van der Waals surface area contributed by atoms with Crippen molar-refractivity contribution in [3.63, 3.8) is 0 Å². The minimum absolute atomic E-state index is 0.156. The zero-order chi connectivity index (χ0) is 33.1. The highest BCUT2D eigenvalue weighted by atomic mass is 35.5. The van der Waals surface area contributed by atoms with Gasteiger partial charge in [-0.3, -0.25) is 14.6 Å². The number of hydrogen-bond acceptors (Lipinski definition) is 7. The van der Waals surface area contributed by atoms with Crippen molar-refractivity contribution in [2.24, 2.45) is 0 Å². The number of carbonyl (C=O) groups excluding carboxylic acids is 1. The average molecular weight is 673 g/mol. The number of likely N-dealkylation sites (N-methyl/N-ethyl adjacent to an activating group) is 1. The number of likely N-dealkylation sites (tertiary alicyclic amines) is 1. The molecule has 2 aliphatic heterocycles.